The topological polar surface area (TPSA) is 103 Å². The molecule has 0 radical (unpaired) electrons. The highest BCUT2D eigenvalue weighted by Crippen LogP contribution is 1.87. The molecule has 0 aromatic rings. The van der Waals surface area contributed by atoms with Crippen LogP contribution in [0.4, 0.5) is 0 Å². The maximum absolute atomic E-state index is 5.33. The van der Waals surface area contributed by atoms with Gasteiger partial charge in [-0.25, -0.2) is 4.99 Å². The van der Waals surface area contributed by atoms with E-state index < -0.39 is 0 Å². The fourth-order valence-electron chi connectivity index (χ4n) is 0.489. The highest BCUT2D eigenvalue weighted by Gasteiger charge is 1.85. The minimum atomic E-state index is -0.0755. The summed E-state index contributed by atoms with van der Waals surface area (Å²) in [5.41, 5.74) is 16.7. The van der Waals surface area contributed by atoms with Crippen molar-refractivity contribution in [2.45, 2.75) is 13.8 Å². The van der Waals surface area contributed by atoms with Crippen molar-refractivity contribution in [1.29, 1.82) is 0 Å². The number of hydrogen-bond acceptors (Lipinski definition) is 1. The first-order valence-electron chi connectivity index (χ1n) is 3.55. The van der Waals surface area contributed by atoms with Gasteiger partial charge in [-0.15, -0.1) is 0 Å². The van der Waals surface area contributed by atoms with E-state index in [1.165, 1.54) is 5.57 Å². The molecule has 0 aromatic heterocycles. The van der Waals surface area contributed by atoms with Gasteiger partial charge in [0.05, 0.1) is 6.54 Å². The maximum Gasteiger partial charge on any atom is 0.218 e. The van der Waals surface area contributed by atoms with Crippen molar-refractivity contribution in [3.63, 3.8) is 0 Å². The summed E-state index contributed by atoms with van der Waals surface area (Å²) >= 11 is 0. The van der Waals surface area contributed by atoms with Gasteiger partial charge in [0.15, 0.2) is 5.96 Å². The molecule has 0 saturated carbocycles. The molecular formula is C7H15N5. The van der Waals surface area contributed by atoms with Crippen molar-refractivity contribution >= 4 is 11.9 Å². The summed E-state index contributed by atoms with van der Waals surface area (Å²) in [6.07, 6.45) is 1.93. The fourth-order valence-corrected chi connectivity index (χ4v) is 0.489. The fraction of sp³-hybridized carbons (Fsp3) is 0.429. The highest BCUT2D eigenvalue weighted by molar-refractivity contribution is 5.92. The van der Waals surface area contributed by atoms with Crippen LogP contribution < -0.4 is 17.2 Å². The number of nitrogens with two attached hydrogens (primary N) is 3. The Balaban J connectivity index is 4.03. The predicted octanol–water partition coefficient (Wildman–Crippen LogP) is -0.459. The van der Waals surface area contributed by atoms with Crippen molar-refractivity contribution in [3.8, 4) is 0 Å². The third kappa shape index (κ3) is 6.60. The van der Waals surface area contributed by atoms with Gasteiger partial charge in [-0.3, -0.25) is 0 Å². The first kappa shape index (κ1) is 10.5. The minimum absolute atomic E-state index is 0.0755. The lowest BCUT2D eigenvalue weighted by Gasteiger charge is -1.92. The van der Waals surface area contributed by atoms with Gasteiger partial charge in [-0.2, -0.15) is 4.99 Å². The SMILES string of the molecule is CC(C)=CCN=C(N)N=C(N)N. The lowest BCUT2D eigenvalue weighted by atomic mass is 10.3. The van der Waals surface area contributed by atoms with Crippen molar-refractivity contribution in [2.75, 3.05) is 6.54 Å². The van der Waals surface area contributed by atoms with E-state index in [0.717, 1.165) is 0 Å². The molecule has 0 aromatic carbocycles. The van der Waals surface area contributed by atoms with Gasteiger partial charge in [-0.1, -0.05) is 11.6 Å². The second-order valence-electron chi connectivity index (χ2n) is 2.52. The normalized spacial score (nSPS) is 10.7. The molecule has 0 aliphatic heterocycles. The van der Waals surface area contributed by atoms with Crippen molar-refractivity contribution < 1.29 is 0 Å². The van der Waals surface area contributed by atoms with E-state index in [1.807, 2.05) is 19.9 Å². The Labute approximate surface area is 72.0 Å². The lowest BCUT2D eigenvalue weighted by Crippen LogP contribution is -2.26. The summed E-state index contributed by atoms with van der Waals surface area (Å²) in [5.74, 6) is 0.0287. The molecule has 6 N–H and O–H groups in total. The predicted molar refractivity (Wildman–Crippen MR) is 51.7 cm³/mol. The third-order valence-electron chi connectivity index (χ3n) is 0.996. The Morgan fingerprint density at radius 1 is 1.25 bits per heavy atom. The van der Waals surface area contributed by atoms with Gasteiger partial charge >= 0.3 is 0 Å². The Morgan fingerprint density at radius 3 is 2.25 bits per heavy atom. The number of aliphatic imine (C=N–C) groups is 2. The molecular weight excluding hydrogens is 154 g/mol. The average molecular weight is 169 g/mol. The number of guanidine groups is 2. The molecule has 5 nitrogen and oxygen atoms in total. The third-order valence-corrected chi connectivity index (χ3v) is 0.996. The summed E-state index contributed by atoms with van der Waals surface area (Å²) in [6, 6.07) is 0. The number of allylic oxidation sites excluding steroid dienone is 1. The van der Waals surface area contributed by atoms with Gasteiger partial charge < -0.3 is 17.2 Å². The second kappa shape index (κ2) is 5.17. The monoisotopic (exact) mass is 169 g/mol. The van der Waals surface area contributed by atoms with E-state index in [2.05, 4.69) is 9.98 Å². The molecule has 0 rings (SSSR count). The molecule has 0 aliphatic carbocycles. The van der Waals surface area contributed by atoms with E-state index in [9.17, 15) is 0 Å². The lowest BCUT2D eigenvalue weighted by molar-refractivity contribution is 1.17. The molecule has 0 bridgehead atoms. The molecule has 0 saturated heterocycles. The summed E-state index contributed by atoms with van der Waals surface area (Å²) in [7, 11) is 0. The maximum atomic E-state index is 5.33. The van der Waals surface area contributed by atoms with Crippen LogP contribution in [0, 0.1) is 0 Å². The van der Waals surface area contributed by atoms with E-state index >= 15 is 0 Å². The first-order chi connectivity index (χ1) is 5.52. The molecule has 0 heterocycles. The highest BCUT2D eigenvalue weighted by atomic mass is 15.1. The summed E-state index contributed by atoms with van der Waals surface area (Å²) < 4.78 is 0. The zero-order valence-electron chi connectivity index (χ0n) is 7.41. The van der Waals surface area contributed by atoms with Crippen molar-refractivity contribution in [2.24, 2.45) is 27.2 Å². The van der Waals surface area contributed by atoms with E-state index in [0.29, 0.717) is 6.54 Å². The van der Waals surface area contributed by atoms with E-state index in [-0.39, 0.29) is 11.9 Å². The van der Waals surface area contributed by atoms with Gasteiger partial charge in [-0.05, 0) is 13.8 Å². The van der Waals surface area contributed by atoms with Crippen LogP contribution in [-0.2, 0) is 0 Å². The quantitative estimate of drug-likeness (QED) is 0.296. The van der Waals surface area contributed by atoms with Crippen LogP contribution in [0.3, 0.4) is 0 Å². The van der Waals surface area contributed by atoms with Crippen molar-refractivity contribution in [3.05, 3.63) is 11.6 Å². The van der Waals surface area contributed by atoms with E-state index in [4.69, 9.17) is 17.2 Å². The molecule has 5 heteroatoms. The number of rotatable bonds is 2. The Morgan fingerprint density at radius 2 is 1.83 bits per heavy atom. The largest absolute Gasteiger partial charge is 0.370 e. The standard InChI is InChI=1S/C7H15N5/c1-5(2)3-4-11-7(10)12-6(8)9/h3H,4H2,1-2H3,(H6,8,9,10,11,12). The van der Waals surface area contributed by atoms with Crippen LogP contribution in [0.25, 0.3) is 0 Å². The summed E-state index contributed by atoms with van der Waals surface area (Å²) in [5, 5.41) is 0. The average Bonchev–Trinajstić information content (AvgIpc) is 1.84. The van der Waals surface area contributed by atoms with Crippen LogP contribution in [0.15, 0.2) is 21.6 Å². The summed E-state index contributed by atoms with van der Waals surface area (Å²) in [4.78, 5) is 7.42. The molecule has 0 aliphatic rings. The molecule has 68 valence electrons. The summed E-state index contributed by atoms with van der Waals surface area (Å²) in [6.45, 7) is 4.46. The number of hydrogen-bond donors (Lipinski definition) is 3. The second-order valence-corrected chi connectivity index (χ2v) is 2.52. The van der Waals surface area contributed by atoms with Gasteiger partial charge in [0, 0.05) is 0 Å². The van der Waals surface area contributed by atoms with Crippen LogP contribution in [0.1, 0.15) is 13.8 Å². The first-order valence-corrected chi connectivity index (χ1v) is 3.55. The van der Waals surface area contributed by atoms with E-state index in [1.54, 1.807) is 0 Å². The van der Waals surface area contributed by atoms with Gasteiger partial charge in [0.1, 0.15) is 0 Å². The Kier molecular flexibility index (Phi) is 4.52. The van der Waals surface area contributed by atoms with Crippen molar-refractivity contribution in [1.82, 2.24) is 0 Å². The Hall–Kier alpha value is -1.52. The zero-order valence-corrected chi connectivity index (χ0v) is 7.41. The number of nitrogens with zero attached hydrogens (tertiary/aromatic N) is 2. The van der Waals surface area contributed by atoms with Crippen LogP contribution >= 0.6 is 0 Å². The van der Waals surface area contributed by atoms with Gasteiger partial charge in [0.2, 0.25) is 5.96 Å². The van der Waals surface area contributed by atoms with Crippen LogP contribution in [0.5, 0.6) is 0 Å². The minimum Gasteiger partial charge on any atom is -0.370 e. The van der Waals surface area contributed by atoms with Crippen LogP contribution in [0.2, 0.25) is 0 Å². The molecule has 0 amide bonds. The van der Waals surface area contributed by atoms with Gasteiger partial charge in [0.25, 0.3) is 0 Å². The molecule has 12 heavy (non-hydrogen) atoms. The zero-order chi connectivity index (χ0) is 9.56. The smallest absolute Gasteiger partial charge is 0.218 e. The molecule has 0 spiro atoms. The van der Waals surface area contributed by atoms with Crippen LogP contribution in [-0.4, -0.2) is 18.5 Å². The molecule has 0 fully saturated rings. The molecule has 0 unspecified atom stereocenters. The Bertz CT molecular complexity index is 218. The molecule has 0 atom stereocenters.